The average molecular weight is 246 g/mol. The van der Waals surface area contributed by atoms with Gasteiger partial charge < -0.3 is 5.11 Å². The lowest BCUT2D eigenvalue weighted by molar-refractivity contribution is -0.131. The highest BCUT2D eigenvalue weighted by Crippen LogP contribution is 2.56. The monoisotopic (exact) mass is 246 g/mol. The van der Waals surface area contributed by atoms with Gasteiger partial charge in [-0.05, 0) is 74.2 Å². The van der Waals surface area contributed by atoms with Gasteiger partial charge in [-0.25, -0.2) is 4.79 Å². The van der Waals surface area contributed by atoms with Crippen LogP contribution in [0.2, 0.25) is 0 Å². The highest BCUT2D eigenvalue weighted by Gasteiger charge is 2.46. The van der Waals surface area contributed by atoms with Crippen LogP contribution in [0.4, 0.5) is 0 Å². The van der Waals surface area contributed by atoms with Crippen LogP contribution < -0.4 is 0 Å². The SMILES string of the molecule is CC(/C=C/C1C2CC3CC(C2)CC1C3)=C\C(=O)O. The molecule has 0 unspecified atom stereocenters. The minimum absolute atomic E-state index is 0.718. The zero-order valence-corrected chi connectivity index (χ0v) is 11.0. The zero-order valence-electron chi connectivity index (χ0n) is 11.0. The molecule has 18 heavy (non-hydrogen) atoms. The molecule has 4 bridgehead atoms. The quantitative estimate of drug-likeness (QED) is 0.609. The Hall–Kier alpha value is -1.05. The van der Waals surface area contributed by atoms with E-state index in [1.54, 1.807) is 0 Å². The molecule has 0 amide bonds. The zero-order chi connectivity index (χ0) is 12.7. The topological polar surface area (TPSA) is 37.3 Å². The maximum absolute atomic E-state index is 10.6. The smallest absolute Gasteiger partial charge is 0.328 e. The molecule has 4 saturated carbocycles. The number of hydrogen-bond donors (Lipinski definition) is 1. The molecule has 0 aliphatic heterocycles. The Bertz CT molecular complexity index is 377. The van der Waals surface area contributed by atoms with Gasteiger partial charge in [0.2, 0.25) is 0 Å². The Balaban J connectivity index is 1.70. The molecule has 1 N–H and O–H groups in total. The molecule has 0 saturated heterocycles. The number of aliphatic carboxylic acids is 1. The van der Waals surface area contributed by atoms with Crippen molar-refractivity contribution in [3.63, 3.8) is 0 Å². The molecule has 2 heteroatoms. The summed E-state index contributed by atoms with van der Waals surface area (Å²) < 4.78 is 0. The maximum atomic E-state index is 10.6. The van der Waals surface area contributed by atoms with Crippen molar-refractivity contribution in [2.45, 2.75) is 39.0 Å². The number of hydrogen-bond acceptors (Lipinski definition) is 1. The summed E-state index contributed by atoms with van der Waals surface area (Å²) in [6.45, 7) is 1.88. The van der Waals surface area contributed by atoms with Crippen molar-refractivity contribution < 1.29 is 9.90 Å². The van der Waals surface area contributed by atoms with Gasteiger partial charge in [0.05, 0.1) is 0 Å². The third kappa shape index (κ3) is 2.25. The van der Waals surface area contributed by atoms with E-state index >= 15 is 0 Å². The fourth-order valence-corrected chi connectivity index (χ4v) is 4.79. The summed E-state index contributed by atoms with van der Waals surface area (Å²) in [5, 5.41) is 8.71. The lowest BCUT2D eigenvalue weighted by atomic mass is 9.52. The van der Waals surface area contributed by atoms with E-state index in [0.717, 1.165) is 35.2 Å². The van der Waals surface area contributed by atoms with Gasteiger partial charge in [0, 0.05) is 6.08 Å². The molecule has 4 aliphatic carbocycles. The van der Waals surface area contributed by atoms with Crippen molar-refractivity contribution in [1.82, 2.24) is 0 Å². The third-order valence-corrected chi connectivity index (χ3v) is 5.23. The molecule has 0 aromatic rings. The second kappa shape index (κ2) is 4.56. The second-order valence-electron chi connectivity index (χ2n) is 6.59. The second-order valence-corrected chi connectivity index (χ2v) is 6.59. The molecule has 0 aromatic heterocycles. The largest absolute Gasteiger partial charge is 0.478 e. The standard InChI is InChI=1S/C16H22O2/c1-10(4-16(17)18)2-3-15-13-6-11-5-12(8-13)9-14(15)7-11/h2-4,11-15H,5-9H2,1H3,(H,17,18)/b3-2+,10-4+. The van der Waals surface area contributed by atoms with Gasteiger partial charge in [-0.3, -0.25) is 0 Å². The highest BCUT2D eigenvalue weighted by atomic mass is 16.4. The van der Waals surface area contributed by atoms with Gasteiger partial charge in [0.15, 0.2) is 0 Å². The molecule has 0 aromatic carbocycles. The van der Waals surface area contributed by atoms with Gasteiger partial charge in [0.1, 0.15) is 0 Å². The van der Waals surface area contributed by atoms with Crippen molar-refractivity contribution in [3.8, 4) is 0 Å². The molecule has 0 radical (unpaired) electrons. The van der Waals surface area contributed by atoms with Crippen LogP contribution in [0.1, 0.15) is 39.0 Å². The summed E-state index contributed by atoms with van der Waals surface area (Å²) in [6.07, 6.45) is 12.8. The van der Waals surface area contributed by atoms with Crippen LogP contribution >= 0.6 is 0 Å². The van der Waals surface area contributed by atoms with Gasteiger partial charge >= 0.3 is 5.97 Å². The van der Waals surface area contributed by atoms with Crippen LogP contribution in [0, 0.1) is 29.6 Å². The first-order chi connectivity index (χ1) is 8.61. The number of carboxylic acid groups (broad SMARTS) is 1. The molecule has 0 spiro atoms. The molecular weight excluding hydrogens is 224 g/mol. The van der Waals surface area contributed by atoms with E-state index in [1.165, 1.54) is 38.2 Å². The van der Waals surface area contributed by atoms with Crippen molar-refractivity contribution in [1.29, 1.82) is 0 Å². The van der Waals surface area contributed by atoms with E-state index in [9.17, 15) is 4.79 Å². The molecular formula is C16H22O2. The first-order valence-corrected chi connectivity index (χ1v) is 7.21. The lowest BCUT2D eigenvalue weighted by Crippen LogP contribution is -2.44. The van der Waals surface area contributed by atoms with Gasteiger partial charge in [-0.1, -0.05) is 12.2 Å². The Labute approximate surface area is 109 Å². The molecule has 0 atom stereocenters. The third-order valence-electron chi connectivity index (χ3n) is 5.23. The summed E-state index contributed by atoms with van der Waals surface area (Å²) in [5.74, 6) is 3.66. The average Bonchev–Trinajstić information content (AvgIpc) is 2.25. The molecule has 4 aliphatic rings. The number of carbonyl (C=O) groups is 1. The number of allylic oxidation sites excluding steroid dienone is 3. The lowest BCUT2D eigenvalue weighted by Gasteiger charge is -2.53. The summed E-state index contributed by atoms with van der Waals surface area (Å²) >= 11 is 0. The van der Waals surface area contributed by atoms with Crippen LogP contribution in [0.5, 0.6) is 0 Å². The van der Waals surface area contributed by atoms with Crippen molar-refractivity contribution in [3.05, 3.63) is 23.8 Å². The molecule has 0 heterocycles. The highest BCUT2D eigenvalue weighted by molar-refractivity contribution is 5.81. The Kier molecular flexibility index (Phi) is 3.04. The fraction of sp³-hybridized carbons (Fsp3) is 0.688. The maximum Gasteiger partial charge on any atom is 0.328 e. The van der Waals surface area contributed by atoms with Crippen LogP contribution in [0.25, 0.3) is 0 Å². The van der Waals surface area contributed by atoms with Gasteiger partial charge in [0.25, 0.3) is 0 Å². The summed E-state index contributed by atoms with van der Waals surface area (Å²) in [4.78, 5) is 10.6. The number of carboxylic acids is 1. The molecule has 98 valence electrons. The van der Waals surface area contributed by atoms with Crippen LogP contribution in [-0.4, -0.2) is 11.1 Å². The predicted octanol–water partition coefficient (Wildman–Crippen LogP) is 3.65. The van der Waals surface area contributed by atoms with Crippen LogP contribution in [0.15, 0.2) is 23.8 Å². The molecule has 4 fully saturated rings. The Morgan fingerprint density at radius 2 is 1.61 bits per heavy atom. The van der Waals surface area contributed by atoms with E-state index < -0.39 is 5.97 Å². The van der Waals surface area contributed by atoms with E-state index in [2.05, 4.69) is 6.08 Å². The normalized spacial score (nSPS) is 42.7. The van der Waals surface area contributed by atoms with E-state index in [4.69, 9.17) is 5.11 Å². The summed E-state index contributed by atoms with van der Waals surface area (Å²) in [7, 11) is 0. The minimum Gasteiger partial charge on any atom is -0.478 e. The van der Waals surface area contributed by atoms with Crippen LogP contribution in [0.3, 0.4) is 0 Å². The molecule has 4 rings (SSSR count). The van der Waals surface area contributed by atoms with E-state index in [0.29, 0.717) is 0 Å². The summed E-state index contributed by atoms with van der Waals surface area (Å²) in [6, 6.07) is 0. The first kappa shape index (κ1) is 12.0. The number of rotatable bonds is 3. The van der Waals surface area contributed by atoms with E-state index in [-0.39, 0.29) is 0 Å². The van der Waals surface area contributed by atoms with Crippen LogP contribution in [-0.2, 0) is 4.79 Å². The van der Waals surface area contributed by atoms with Crippen molar-refractivity contribution in [2.75, 3.05) is 0 Å². The van der Waals surface area contributed by atoms with Crippen molar-refractivity contribution in [2.24, 2.45) is 29.6 Å². The molecule has 2 nitrogen and oxygen atoms in total. The summed E-state index contributed by atoms with van der Waals surface area (Å²) in [5.41, 5.74) is 0.858. The van der Waals surface area contributed by atoms with Crippen molar-refractivity contribution >= 4 is 5.97 Å². The predicted molar refractivity (Wildman–Crippen MR) is 71.1 cm³/mol. The Morgan fingerprint density at radius 1 is 1.06 bits per heavy atom. The fourth-order valence-electron chi connectivity index (χ4n) is 4.79. The van der Waals surface area contributed by atoms with E-state index in [1.807, 2.05) is 13.0 Å². The van der Waals surface area contributed by atoms with Gasteiger partial charge in [-0.15, -0.1) is 0 Å². The first-order valence-electron chi connectivity index (χ1n) is 7.21. The van der Waals surface area contributed by atoms with Gasteiger partial charge in [-0.2, -0.15) is 0 Å². The minimum atomic E-state index is -0.845. The Morgan fingerprint density at radius 3 is 2.11 bits per heavy atom.